The Bertz CT molecular complexity index is 1150. The Morgan fingerprint density at radius 2 is 0.943 bits per heavy atom. The molecule has 2 unspecified atom stereocenters. The molecule has 0 bridgehead atoms. The van der Waals surface area contributed by atoms with Gasteiger partial charge in [0.2, 0.25) is 11.0 Å². The van der Waals surface area contributed by atoms with Crippen molar-refractivity contribution < 1.29 is 19.1 Å². The Kier molecular flexibility index (Phi) is 28.0. The van der Waals surface area contributed by atoms with E-state index in [1.54, 1.807) is 0 Å². The Balaban J connectivity index is 1.77. The molecule has 1 aromatic heterocycles. The van der Waals surface area contributed by atoms with Gasteiger partial charge in [0.15, 0.2) is 5.58 Å². The number of hydrogen-bond donors (Lipinski definition) is 2. The number of carboxylic acids is 1. The van der Waals surface area contributed by atoms with Crippen molar-refractivity contribution >= 4 is 34.8 Å². The summed E-state index contributed by atoms with van der Waals surface area (Å²) in [6, 6.07) is 7.46. The molecule has 0 amide bonds. The average Bonchev–Trinajstić information content (AvgIpc) is 3.59. The van der Waals surface area contributed by atoms with Crippen LogP contribution in [0.25, 0.3) is 11.1 Å². The molecule has 1 aromatic carbocycles. The molecular weight excluding hydrogens is 675 g/mol. The average molecular weight is 756 g/mol. The first kappa shape index (κ1) is 47.3. The number of nitrogens with zero attached hydrogens (tertiary/aromatic N) is 1. The van der Waals surface area contributed by atoms with Crippen LogP contribution in [0, 0.1) is 5.92 Å². The molecule has 304 valence electrons. The standard InChI is InChI=1S/C47H81NO4S/c1-3-5-7-9-11-13-15-17-19-21-23-25-27-29-31-33-37-41(44(49)50)47(46(51)53,45-48-42-38-34-35-39-43(42)52-45)40-36-32-30-28-26-24-22-20-18-16-14-12-10-8-6-4-2/h34-35,38-39,41H,3-33,36-37,40H2,1-2H3,(H,49,50)(H,51,53). The number of aromatic nitrogens is 1. The van der Waals surface area contributed by atoms with Gasteiger partial charge < -0.3 is 9.52 Å². The Morgan fingerprint density at radius 1 is 0.585 bits per heavy atom. The number of aliphatic carboxylic acids is 1. The molecule has 6 heteroatoms. The first-order chi connectivity index (χ1) is 26.0. The summed E-state index contributed by atoms with van der Waals surface area (Å²) >= 11 is 4.39. The summed E-state index contributed by atoms with van der Waals surface area (Å²) in [5.74, 6) is -1.64. The van der Waals surface area contributed by atoms with Gasteiger partial charge in [0.25, 0.3) is 0 Å². The lowest BCUT2D eigenvalue weighted by atomic mass is 9.70. The Hall–Kier alpha value is -1.82. The summed E-state index contributed by atoms with van der Waals surface area (Å²) in [7, 11) is 0. The highest BCUT2D eigenvalue weighted by molar-refractivity contribution is 7.96. The van der Waals surface area contributed by atoms with Gasteiger partial charge in [-0.3, -0.25) is 9.59 Å². The van der Waals surface area contributed by atoms with Gasteiger partial charge in [-0.15, -0.1) is 12.6 Å². The van der Waals surface area contributed by atoms with Crippen molar-refractivity contribution in [3.63, 3.8) is 0 Å². The van der Waals surface area contributed by atoms with Gasteiger partial charge in [-0.25, -0.2) is 4.98 Å². The third-order valence-corrected chi connectivity index (χ3v) is 12.1. The van der Waals surface area contributed by atoms with Crippen molar-refractivity contribution in [2.75, 3.05) is 0 Å². The third kappa shape index (κ3) is 20.1. The summed E-state index contributed by atoms with van der Waals surface area (Å²) in [6.45, 7) is 4.55. The number of carboxylic acid groups (broad SMARTS) is 1. The first-order valence-electron chi connectivity index (χ1n) is 22.8. The lowest BCUT2D eigenvalue weighted by molar-refractivity contribution is -0.148. The molecule has 2 rings (SSSR count). The lowest BCUT2D eigenvalue weighted by Gasteiger charge is -2.33. The fourth-order valence-corrected chi connectivity index (χ4v) is 8.63. The fourth-order valence-electron chi connectivity index (χ4n) is 8.27. The lowest BCUT2D eigenvalue weighted by Crippen LogP contribution is -2.45. The van der Waals surface area contributed by atoms with Gasteiger partial charge in [0.1, 0.15) is 10.9 Å². The summed E-state index contributed by atoms with van der Waals surface area (Å²) in [5, 5.41) is 10.2. The van der Waals surface area contributed by atoms with Crippen molar-refractivity contribution in [2.45, 2.75) is 238 Å². The van der Waals surface area contributed by atoms with E-state index in [0.717, 1.165) is 38.5 Å². The maximum absolute atomic E-state index is 13.6. The number of fused-ring (bicyclic) bond motifs is 1. The monoisotopic (exact) mass is 756 g/mol. The van der Waals surface area contributed by atoms with Crippen LogP contribution in [-0.4, -0.2) is 21.2 Å². The van der Waals surface area contributed by atoms with E-state index >= 15 is 0 Å². The molecule has 0 saturated heterocycles. The molecule has 0 aliphatic heterocycles. The number of hydrogen-bond acceptors (Lipinski definition) is 4. The van der Waals surface area contributed by atoms with Crippen LogP contribution in [0.2, 0.25) is 0 Å². The van der Waals surface area contributed by atoms with Crippen molar-refractivity contribution in [2.24, 2.45) is 5.92 Å². The molecule has 0 spiro atoms. The second kappa shape index (κ2) is 31.4. The van der Waals surface area contributed by atoms with Crippen molar-refractivity contribution in [3.8, 4) is 0 Å². The highest BCUT2D eigenvalue weighted by atomic mass is 32.1. The van der Waals surface area contributed by atoms with Gasteiger partial charge in [0.05, 0.1) is 5.92 Å². The molecule has 0 radical (unpaired) electrons. The maximum atomic E-state index is 13.6. The second-order valence-corrected chi connectivity index (χ2v) is 16.7. The van der Waals surface area contributed by atoms with E-state index in [9.17, 15) is 14.7 Å². The second-order valence-electron chi connectivity index (χ2n) is 16.3. The normalized spacial score (nSPS) is 13.4. The van der Waals surface area contributed by atoms with Crippen LogP contribution in [-0.2, 0) is 15.0 Å². The molecule has 1 heterocycles. The van der Waals surface area contributed by atoms with Gasteiger partial charge in [0, 0.05) is 0 Å². The molecule has 0 aliphatic rings. The van der Waals surface area contributed by atoms with Crippen LogP contribution >= 0.6 is 12.6 Å². The minimum absolute atomic E-state index is 0.226. The molecule has 0 aliphatic carbocycles. The summed E-state index contributed by atoms with van der Waals surface area (Å²) in [5.41, 5.74) is -0.139. The fraction of sp³-hybridized carbons (Fsp3) is 0.809. The SMILES string of the molecule is CCCCCCCCCCCCCCCCCCC(C(=O)O)C(CCCCCCCCCCCCCCCCCC)(C(=O)S)c1nc2ccccc2o1. The first-order valence-corrected chi connectivity index (χ1v) is 23.2. The molecule has 1 N–H and O–H groups in total. The Labute approximate surface area is 331 Å². The number of rotatable bonds is 38. The number of carbonyl (C=O) groups is 2. The van der Waals surface area contributed by atoms with Gasteiger partial charge >= 0.3 is 5.97 Å². The quantitative estimate of drug-likeness (QED) is 0.0527. The van der Waals surface area contributed by atoms with Crippen molar-refractivity contribution in [1.29, 1.82) is 0 Å². The third-order valence-electron chi connectivity index (χ3n) is 11.7. The molecule has 53 heavy (non-hydrogen) atoms. The van der Waals surface area contributed by atoms with E-state index in [1.807, 2.05) is 24.3 Å². The Morgan fingerprint density at radius 3 is 1.30 bits per heavy atom. The van der Waals surface area contributed by atoms with Crippen LogP contribution in [0.1, 0.15) is 238 Å². The summed E-state index contributed by atoms with van der Waals surface area (Å²) in [6.07, 6.45) is 41.4. The largest absolute Gasteiger partial charge is 0.481 e. The van der Waals surface area contributed by atoms with E-state index in [1.165, 1.54) is 167 Å². The number of benzene rings is 1. The minimum Gasteiger partial charge on any atom is -0.481 e. The molecule has 2 atom stereocenters. The number of oxazole rings is 1. The topological polar surface area (TPSA) is 80.4 Å². The van der Waals surface area contributed by atoms with E-state index in [0.29, 0.717) is 23.9 Å². The zero-order valence-corrected chi connectivity index (χ0v) is 35.4. The summed E-state index contributed by atoms with van der Waals surface area (Å²) < 4.78 is 6.19. The van der Waals surface area contributed by atoms with E-state index in [-0.39, 0.29) is 5.89 Å². The molecule has 5 nitrogen and oxygen atoms in total. The molecule has 2 aromatic rings. The highest BCUT2D eigenvalue weighted by Crippen LogP contribution is 2.43. The van der Waals surface area contributed by atoms with Crippen LogP contribution in [0.5, 0.6) is 0 Å². The minimum atomic E-state index is -1.38. The van der Waals surface area contributed by atoms with Gasteiger partial charge in [-0.2, -0.15) is 0 Å². The molecule has 0 fully saturated rings. The maximum Gasteiger partial charge on any atom is 0.308 e. The van der Waals surface area contributed by atoms with Crippen molar-refractivity contribution in [1.82, 2.24) is 4.98 Å². The number of thiol groups is 1. The predicted molar refractivity (Wildman–Crippen MR) is 229 cm³/mol. The number of unbranched alkanes of at least 4 members (excludes halogenated alkanes) is 30. The van der Waals surface area contributed by atoms with E-state index in [4.69, 9.17) is 9.40 Å². The van der Waals surface area contributed by atoms with Crippen LogP contribution < -0.4 is 0 Å². The van der Waals surface area contributed by atoms with Crippen LogP contribution in [0.4, 0.5) is 0 Å². The van der Waals surface area contributed by atoms with Crippen LogP contribution in [0.3, 0.4) is 0 Å². The van der Waals surface area contributed by atoms with E-state index < -0.39 is 22.4 Å². The molecular formula is C47H81NO4S. The van der Waals surface area contributed by atoms with Gasteiger partial charge in [-0.05, 0) is 25.0 Å². The predicted octanol–water partition coefficient (Wildman–Crippen LogP) is 15.5. The molecule has 0 saturated carbocycles. The van der Waals surface area contributed by atoms with Crippen LogP contribution in [0.15, 0.2) is 28.7 Å². The highest BCUT2D eigenvalue weighted by Gasteiger charge is 2.52. The number of para-hydroxylation sites is 2. The van der Waals surface area contributed by atoms with Crippen molar-refractivity contribution in [3.05, 3.63) is 30.2 Å². The zero-order valence-electron chi connectivity index (χ0n) is 34.5. The smallest absolute Gasteiger partial charge is 0.308 e. The van der Waals surface area contributed by atoms with Gasteiger partial charge in [-0.1, -0.05) is 231 Å². The zero-order chi connectivity index (χ0) is 38.2. The number of carbonyl (C=O) groups excluding carboxylic acids is 1. The van der Waals surface area contributed by atoms with E-state index in [2.05, 4.69) is 26.5 Å². The summed E-state index contributed by atoms with van der Waals surface area (Å²) in [4.78, 5) is 31.2.